The molecule has 2 rings (SSSR count). The third kappa shape index (κ3) is 5.47. The molecule has 1 saturated heterocycles. The fourth-order valence-electron chi connectivity index (χ4n) is 3.18. The number of likely N-dealkylation sites (tertiary alicyclic amines) is 1. The van der Waals surface area contributed by atoms with Gasteiger partial charge in [0.15, 0.2) is 0 Å². The summed E-state index contributed by atoms with van der Waals surface area (Å²) in [6.07, 6.45) is 4.52. The number of nitrogens with one attached hydrogen (secondary N) is 1. The van der Waals surface area contributed by atoms with Crippen molar-refractivity contribution in [2.75, 3.05) is 25.1 Å². The van der Waals surface area contributed by atoms with Crippen LogP contribution in [0.5, 0.6) is 0 Å². The molecule has 0 saturated carbocycles. The maximum Gasteiger partial charge on any atom is 0.241 e. The first kappa shape index (κ1) is 19.9. The predicted octanol–water partition coefficient (Wildman–Crippen LogP) is 4.27. The summed E-state index contributed by atoms with van der Waals surface area (Å²) >= 11 is 0. The summed E-state index contributed by atoms with van der Waals surface area (Å²) in [6, 6.07) is 5.96. The van der Waals surface area contributed by atoms with Crippen molar-refractivity contribution in [2.45, 2.75) is 52.0 Å². The molecule has 1 aliphatic rings. The van der Waals surface area contributed by atoms with E-state index in [-0.39, 0.29) is 31.0 Å². The maximum atomic E-state index is 12.7. The van der Waals surface area contributed by atoms with E-state index in [9.17, 15) is 9.18 Å². The Bertz CT molecular complexity index is 490. The van der Waals surface area contributed by atoms with Gasteiger partial charge in [0.1, 0.15) is 0 Å². The first-order valence-electron chi connectivity index (χ1n) is 8.30. The van der Waals surface area contributed by atoms with Crippen LogP contribution in [0.3, 0.4) is 0 Å². The summed E-state index contributed by atoms with van der Waals surface area (Å²) in [6.45, 7) is 5.52. The highest BCUT2D eigenvalue weighted by atomic mass is 35.5. The molecular formula is C18H28ClFN2O. The van der Waals surface area contributed by atoms with Crippen LogP contribution >= 0.6 is 12.4 Å². The lowest BCUT2D eigenvalue weighted by Gasteiger charge is -2.34. The Morgan fingerprint density at radius 2 is 1.96 bits per heavy atom. The monoisotopic (exact) mass is 342 g/mol. The lowest BCUT2D eigenvalue weighted by atomic mass is 10.00. The Balaban J connectivity index is 0.00000264. The van der Waals surface area contributed by atoms with E-state index in [1.54, 1.807) is 0 Å². The van der Waals surface area contributed by atoms with E-state index >= 15 is 0 Å². The lowest BCUT2D eigenvalue weighted by Crippen LogP contribution is -2.47. The second-order valence-corrected chi connectivity index (χ2v) is 6.20. The summed E-state index contributed by atoms with van der Waals surface area (Å²) in [7, 11) is 0. The van der Waals surface area contributed by atoms with Gasteiger partial charge < -0.3 is 5.32 Å². The second-order valence-electron chi connectivity index (χ2n) is 6.20. The molecule has 1 atom stereocenters. The van der Waals surface area contributed by atoms with Crippen molar-refractivity contribution in [3.05, 3.63) is 29.3 Å². The van der Waals surface area contributed by atoms with E-state index in [1.165, 1.54) is 0 Å². The van der Waals surface area contributed by atoms with Crippen LogP contribution in [0.2, 0.25) is 0 Å². The predicted molar refractivity (Wildman–Crippen MR) is 96.2 cm³/mol. The van der Waals surface area contributed by atoms with Crippen molar-refractivity contribution in [1.29, 1.82) is 0 Å². The Morgan fingerprint density at radius 3 is 2.61 bits per heavy atom. The van der Waals surface area contributed by atoms with Crippen LogP contribution in [0, 0.1) is 13.8 Å². The van der Waals surface area contributed by atoms with E-state index in [2.05, 4.69) is 10.2 Å². The van der Waals surface area contributed by atoms with Crippen LogP contribution < -0.4 is 5.32 Å². The summed E-state index contributed by atoms with van der Waals surface area (Å²) in [4.78, 5) is 14.9. The molecule has 130 valence electrons. The number of halogens is 2. The van der Waals surface area contributed by atoms with Crippen LogP contribution in [0.1, 0.15) is 43.2 Å². The minimum absolute atomic E-state index is 0. The molecule has 1 amide bonds. The van der Waals surface area contributed by atoms with Crippen LogP contribution in [0.15, 0.2) is 18.2 Å². The SMILES string of the molecule is Cc1cccc(C)c1NC(=O)C1CCCCN1CCCCF.Cl. The van der Waals surface area contributed by atoms with Gasteiger partial charge in [0, 0.05) is 5.69 Å². The fourth-order valence-corrected chi connectivity index (χ4v) is 3.18. The number of unbranched alkanes of at least 4 members (excludes halogenated alkanes) is 1. The quantitative estimate of drug-likeness (QED) is 0.783. The van der Waals surface area contributed by atoms with Crippen LogP contribution in [-0.2, 0) is 4.79 Å². The summed E-state index contributed by atoms with van der Waals surface area (Å²) < 4.78 is 12.3. The number of carbonyl (C=O) groups excluding carboxylic acids is 1. The number of amides is 1. The average molecular weight is 343 g/mol. The molecule has 23 heavy (non-hydrogen) atoms. The topological polar surface area (TPSA) is 32.3 Å². The number of hydrogen-bond donors (Lipinski definition) is 1. The Labute approximate surface area is 145 Å². The minimum Gasteiger partial charge on any atom is -0.324 e. The highest BCUT2D eigenvalue weighted by Crippen LogP contribution is 2.23. The Hall–Kier alpha value is -1.13. The van der Waals surface area contributed by atoms with Gasteiger partial charge >= 0.3 is 0 Å². The molecule has 1 aliphatic heterocycles. The minimum atomic E-state index is -0.271. The smallest absolute Gasteiger partial charge is 0.241 e. The summed E-state index contributed by atoms with van der Waals surface area (Å²) in [5, 5.41) is 3.11. The molecular weight excluding hydrogens is 315 g/mol. The van der Waals surface area contributed by atoms with Crippen LogP contribution in [-0.4, -0.2) is 36.6 Å². The molecule has 0 aromatic heterocycles. The normalized spacial score (nSPS) is 18.3. The highest BCUT2D eigenvalue weighted by molar-refractivity contribution is 5.96. The van der Waals surface area contributed by atoms with E-state index < -0.39 is 0 Å². The summed E-state index contributed by atoms with van der Waals surface area (Å²) in [5.74, 6) is 0.0809. The average Bonchev–Trinajstić information content (AvgIpc) is 2.51. The van der Waals surface area contributed by atoms with Gasteiger partial charge in [0.25, 0.3) is 0 Å². The zero-order valence-electron chi connectivity index (χ0n) is 14.1. The van der Waals surface area contributed by atoms with Crippen LogP contribution in [0.4, 0.5) is 10.1 Å². The zero-order valence-corrected chi connectivity index (χ0v) is 14.9. The molecule has 1 N–H and O–H groups in total. The van der Waals surface area contributed by atoms with E-state index in [1.807, 2.05) is 32.0 Å². The second kappa shape index (κ2) is 9.89. The number of aryl methyl sites for hydroxylation is 2. The Kier molecular flexibility index (Phi) is 8.56. The first-order chi connectivity index (χ1) is 10.6. The van der Waals surface area contributed by atoms with Crippen molar-refractivity contribution in [3.63, 3.8) is 0 Å². The molecule has 5 heteroatoms. The van der Waals surface area contributed by atoms with E-state index in [0.717, 1.165) is 55.6 Å². The van der Waals surface area contributed by atoms with Gasteiger partial charge in [-0.15, -0.1) is 12.4 Å². The molecule has 3 nitrogen and oxygen atoms in total. The number of rotatable bonds is 6. The first-order valence-corrected chi connectivity index (χ1v) is 8.30. The van der Waals surface area contributed by atoms with Crippen molar-refractivity contribution in [1.82, 2.24) is 4.90 Å². The molecule has 1 fully saturated rings. The largest absolute Gasteiger partial charge is 0.324 e. The molecule has 0 bridgehead atoms. The molecule has 1 aromatic rings. The lowest BCUT2D eigenvalue weighted by molar-refractivity contribution is -0.122. The molecule has 1 unspecified atom stereocenters. The van der Waals surface area contributed by atoms with Gasteiger partial charge in [-0.05, 0) is 63.7 Å². The zero-order chi connectivity index (χ0) is 15.9. The highest BCUT2D eigenvalue weighted by Gasteiger charge is 2.28. The number of para-hydroxylation sites is 1. The van der Waals surface area contributed by atoms with Crippen molar-refractivity contribution >= 4 is 24.0 Å². The molecule has 0 aliphatic carbocycles. The maximum absolute atomic E-state index is 12.7. The van der Waals surface area contributed by atoms with Crippen molar-refractivity contribution < 1.29 is 9.18 Å². The third-order valence-electron chi connectivity index (χ3n) is 4.47. The molecule has 1 aromatic carbocycles. The van der Waals surface area contributed by atoms with Gasteiger partial charge in [0.05, 0.1) is 12.7 Å². The molecule has 0 spiro atoms. The Morgan fingerprint density at radius 1 is 1.26 bits per heavy atom. The van der Waals surface area contributed by atoms with Crippen LogP contribution in [0.25, 0.3) is 0 Å². The van der Waals surface area contributed by atoms with E-state index in [4.69, 9.17) is 0 Å². The van der Waals surface area contributed by atoms with Crippen molar-refractivity contribution in [3.8, 4) is 0 Å². The number of benzene rings is 1. The number of carbonyl (C=O) groups is 1. The number of nitrogens with zero attached hydrogens (tertiary/aromatic N) is 1. The van der Waals surface area contributed by atoms with Gasteiger partial charge in [-0.2, -0.15) is 0 Å². The number of piperidine rings is 1. The number of anilines is 1. The third-order valence-corrected chi connectivity index (χ3v) is 4.47. The van der Waals surface area contributed by atoms with Gasteiger partial charge in [-0.1, -0.05) is 24.6 Å². The summed E-state index contributed by atoms with van der Waals surface area (Å²) in [5.41, 5.74) is 3.11. The standard InChI is InChI=1S/C18H27FN2O.ClH/c1-14-8-7-9-15(2)17(14)20-18(22)16-10-3-5-12-21(16)13-6-4-11-19;/h7-9,16H,3-6,10-13H2,1-2H3,(H,20,22);1H. The fraction of sp³-hybridized carbons (Fsp3) is 0.611. The number of hydrogen-bond acceptors (Lipinski definition) is 2. The molecule has 0 radical (unpaired) electrons. The van der Waals surface area contributed by atoms with E-state index in [0.29, 0.717) is 6.42 Å². The van der Waals surface area contributed by atoms with Gasteiger partial charge in [-0.25, -0.2) is 0 Å². The van der Waals surface area contributed by atoms with Gasteiger partial charge in [0.2, 0.25) is 5.91 Å². The molecule has 1 heterocycles. The van der Waals surface area contributed by atoms with Crippen molar-refractivity contribution in [2.24, 2.45) is 0 Å². The number of alkyl halides is 1. The van der Waals surface area contributed by atoms with Gasteiger partial charge in [-0.3, -0.25) is 14.1 Å².